The third-order valence-electron chi connectivity index (χ3n) is 3.91. The second kappa shape index (κ2) is 5.73. The first-order chi connectivity index (χ1) is 9.79. The first-order valence-corrected chi connectivity index (χ1v) is 7.10. The minimum atomic E-state index is 0.200. The molecule has 1 atom stereocenters. The van der Waals surface area contributed by atoms with Crippen molar-refractivity contribution < 1.29 is 0 Å². The normalized spacial score (nSPS) is 16.6. The fourth-order valence-corrected chi connectivity index (χ4v) is 2.64. The highest BCUT2D eigenvalue weighted by Gasteiger charge is 2.28. The second-order valence-corrected chi connectivity index (χ2v) is 5.48. The molecule has 2 heterocycles. The van der Waals surface area contributed by atoms with E-state index in [0.717, 1.165) is 6.54 Å². The standard InChI is InChI=1S/C15H21N5/c1-19(10-12-4-6-17-7-5-12)14(8-16)15-9-18-11-20(15)13-2-3-13/h4-7,9,11,13-14H,2-3,8,10,16H2,1H3. The predicted octanol–water partition coefficient (Wildman–Crippen LogP) is 1.74. The van der Waals surface area contributed by atoms with Gasteiger partial charge in [0.1, 0.15) is 0 Å². The van der Waals surface area contributed by atoms with Crippen LogP contribution < -0.4 is 5.73 Å². The average Bonchev–Trinajstić information content (AvgIpc) is 3.20. The SMILES string of the molecule is CN(Cc1ccncc1)C(CN)c1cncn1C1CC1. The van der Waals surface area contributed by atoms with E-state index < -0.39 is 0 Å². The molecular weight excluding hydrogens is 250 g/mol. The number of hydrogen-bond donors (Lipinski definition) is 1. The average molecular weight is 271 g/mol. The van der Waals surface area contributed by atoms with Crippen molar-refractivity contribution in [2.75, 3.05) is 13.6 Å². The Bertz CT molecular complexity index is 546. The molecule has 0 saturated heterocycles. The van der Waals surface area contributed by atoms with Gasteiger partial charge < -0.3 is 10.3 Å². The van der Waals surface area contributed by atoms with E-state index in [-0.39, 0.29) is 6.04 Å². The summed E-state index contributed by atoms with van der Waals surface area (Å²) in [7, 11) is 2.11. The maximum Gasteiger partial charge on any atom is 0.0951 e. The van der Waals surface area contributed by atoms with E-state index in [0.29, 0.717) is 12.6 Å². The van der Waals surface area contributed by atoms with E-state index in [1.807, 2.05) is 37.1 Å². The van der Waals surface area contributed by atoms with Crippen LogP contribution in [0.3, 0.4) is 0 Å². The van der Waals surface area contributed by atoms with E-state index in [1.54, 1.807) is 0 Å². The van der Waals surface area contributed by atoms with Crippen LogP contribution in [-0.4, -0.2) is 33.0 Å². The van der Waals surface area contributed by atoms with E-state index in [1.165, 1.54) is 24.1 Å². The van der Waals surface area contributed by atoms with Crippen molar-refractivity contribution >= 4 is 0 Å². The van der Waals surface area contributed by atoms with E-state index in [9.17, 15) is 0 Å². The topological polar surface area (TPSA) is 60.0 Å². The summed E-state index contributed by atoms with van der Waals surface area (Å²) < 4.78 is 2.29. The van der Waals surface area contributed by atoms with Crippen molar-refractivity contribution in [2.45, 2.75) is 31.5 Å². The maximum atomic E-state index is 6.01. The lowest BCUT2D eigenvalue weighted by Gasteiger charge is -2.27. The molecule has 1 aliphatic carbocycles. The number of rotatable bonds is 6. The fraction of sp³-hybridized carbons (Fsp3) is 0.467. The Morgan fingerprint density at radius 3 is 2.75 bits per heavy atom. The van der Waals surface area contributed by atoms with Crippen molar-refractivity contribution in [1.29, 1.82) is 0 Å². The van der Waals surface area contributed by atoms with Gasteiger partial charge in [-0.3, -0.25) is 9.88 Å². The summed E-state index contributed by atoms with van der Waals surface area (Å²) in [6.45, 7) is 1.46. The number of nitrogens with zero attached hydrogens (tertiary/aromatic N) is 4. The van der Waals surface area contributed by atoms with Crippen LogP contribution in [0.2, 0.25) is 0 Å². The molecule has 1 unspecified atom stereocenters. The van der Waals surface area contributed by atoms with Crippen LogP contribution in [0.25, 0.3) is 0 Å². The molecule has 0 spiro atoms. The number of aromatic nitrogens is 3. The number of hydrogen-bond acceptors (Lipinski definition) is 4. The Balaban J connectivity index is 1.76. The first-order valence-electron chi connectivity index (χ1n) is 7.10. The lowest BCUT2D eigenvalue weighted by molar-refractivity contribution is 0.232. The molecule has 106 valence electrons. The van der Waals surface area contributed by atoms with Crippen molar-refractivity contribution in [3.63, 3.8) is 0 Å². The summed E-state index contributed by atoms with van der Waals surface area (Å²) in [5.74, 6) is 0. The third-order valence-corrected chi connectivity index (χ3v) is 3.91. The molecule has 20 heavy (non-hydrogen) atoms. The van der Waals surface area contributed by atoms with Crippen molar-refractivity contribution in [3.05, 3.63) is 48.3 Å². The van der Waals surface area contributed by atoms with Gasteiger partial charge in [0, 0.05) is 37.7 Å². The second-order valence-electron chi connectivity index (χ2n) is 5.48. The summed E-state index contributed by atoms with van der Waals surface area (Å²) in [6, 6.07) is 4.92. The van der Waals surface area contributed by atoms with Crippen molar-refractivity contribution in [2.24, 2.45) is 5.73 Å². The van der Waals surface area contributed by atoms with E-state index in [4.69, 9.17) is 5.73 Å². The molecule has 5 heteroatoms. The van der Waals surface area contributed by atoms with Gasteiger partial charge in [-0.1, -0.05) is 0 Å². The molecule has 1 aliphatic rings. The van der Waals surface area contributed by atoms with Gasteiger partial charge in [-0.05, 0) is 37.6 Å². The lowest BCUT2D eigenvalue weighted by atomic mass is 10.1. The smallest absolute Gasteiger partial charge is 0.0951 e. The van der Waals surface area contributed by atoms with Gasteiger partial charge in [0.15, 0.2) is 0 Å². The molecule has 0 bridgehead atoms. The molecule has 2 aromatic heterocycles. The number of pyridine rings is 1. The molecule has 0 radical (unpaired) electrons. The monoisotopic (exact) mass is 271 g/mol. The van der Waals surface area contributed by atoms with Crippen LogP contribution in [0.5, 0.6) is 0 Å². The minimum Gasteiger partial charge on any atom is -0.330 e. The zero-order chi connectivity index (χ0) is 13.9. The van der Waals surface area contributed by atoms with Crippen LogP contribution in [0.4, 0.5) is 0 Å². The van der Waals surface area contributed by atoms with Gasteiger partial charge in [0.2, 0.25) is 0 Å². The van der Waals surface area contributed by atoms with Gasteiger partial charge in [0.25, 0.3) is 0 Å². The summed E-state index contributed by atoms with van der Waals surface area (Å²) in [4.78, 5) is 10.7. The Hall–Kier alpha value is -1.72. The van der Waals surface area contributed by atoms with Crippen molar-refractivity contribution in [3.8, 4) is 0 Å². The molecule has 5 nitrogen and oxygen atoms in total. The molecule has 2 N–H and O–H groups in total. The highest BCUT2D eigenvalue weighted by atomic mass is 15.2. The zero-order valence-corrected chi connectivity index (χ0v) is 11.8. The van der Waals surface area contributed by atoms with Crippen LogP contribution in [0, 0.1) is 0 Å². The largest absolute Gasteiger partial charge is 0.330 e. The summed E-state index contributed by atoms with van der Waals surface area (Å²) in [6.07, 6.45) is 10.1. The summed E-state index contributed by atoms with van der Waals surface area (Å²) in [5, 5.41) is 0. The molecule has 0 aromatic carbocycles. The Kier molecular flexibility index (Phi) is 3.80. The van der Waals surface area contributed by atoms with Gasteiger partial charge in [-0.15, -0.1) is 0 Å². The van der Waals surface area contributed by atoms with E-state index >= 15 is 0 Å². The first kappa shape index (κ1) is 13.3. The van der Waals surface area contributed by atoms with Crippen LogP contribution in [0.15, 0.2) is 37.1 Å². The van der Waals surface area contributed by atoms with Gasteiger partial charge in [-0.2, -0.15) is 0 Å². The number of imidazole rings is 1. The lowest BCUT2D eigenvalue weighted by Crippen LogP contribution is -2.31. The van der Waals surface area contributed by atoms with Crippen molar-refractivity contribution in [1.82, 2.24) is 19.4 Å². The Morgan fingerprint density at radius 2 is 2.10 bits per heavy atom. The van der Waals surface area contributed by atoms with Crippen LogP contribution >= 0.6 is 0 Å². The van der Waals surface area contributed by atoms with E-state index in [2.05, 4.69) is 26.5 Å². The molecular formula is C15H21N5. The molecule has 1 saturated carbocycles. The molecule has 3 rings (SSSR count). The fourth-order valence-electron chi connectivity index (χ4n) is 2.64. The van der Waals surface area contributed by atoms with Crippen LogP contribution in [-0.2, 0) is 6.54 Å². The quantitative estimate of drug-likeness (QED) is 0.869. The molecule has 0 amide bonds. The van der Waals surface area contributed by atoms with Crippen LogP contribution in [0.1, 0.15) is 36.2 Å². The zero-order valence-electron chi connectivity index (χ0n) is 11.8. The molecule has 1 fully saturated rings. The highest BCUT2D eigenvalue weighted by molar-refractivity contribution is 5.13. The van der Waals surface area contributed by atoms with Gasteiger partial charge >= 0.3 is 0 Å². The third kappa shape index (κ3) is 2.73. The highest BCUT2D eigenvalue weighted by Crippen LogP contribution is 2.37. The molecule has 0 aliphatic heterocycles. The molecule has 2 aromatic rings. The maximum absolute atomic E-state index is 6.01. The number of likely N-dealkylation sites (N-methyl/N-ethyl adjacent to an activating group) is 1. The van der Waals surface area contributed by atoms with Gasteiger partial charge in [0.05, 0.1) is 18.1 Å². The summed E-state index contributed by atoms with van der Waals surface area (Å²) in [5.41, 5.74) is 8.49. The Labute approximate surface area is 119 Å². The Morgan fingerprint density at radius 1 is 1.35 bits per heavy atom. The predicted molar refractivity (Wildman–Crippen MR) is 78.0 cm³/mol. The number of nitrogens with two attached hydrogens (primary N) is 1. The van der Waals surface area contributed by atoms with Gasteiger partial charge in [-0.25, -0.2) is 4.98 Å². The summed E-state index contributed by atoms with van der Waals surface area (Å²) >= 11 is 0. The minimum absolute atomic E-state index is 0.200.